The molecule has 1 atom stereocenters. The SMILES string of the molecule is CCC(C)(CN)n1c2ccccc2c2ccccc21. The summed E-state index contributed by atoms with van der Waals surface area (Å²) in [6.07, 6.45) is 1.02. The van der Waals surface area contributed by atoms with Gasteiger partial charge in [-0.15, -0.1) is 0 Å². The Morgan fingerprint density at radius 3 is 1.84 bits per heavy atom. The third kappa shape index (κ3) is 1.67. The Morgan fingerprint density at radius 1 is 0.947 bits per heavy atom. The zero-order valence-electron chi connectivity index (χ0n) is 11.6. The van der Waals surface area contributed by atoms with E-state index in [-0.39, 0.29) is 5.54 Å². The quantitative estimate of drug-likeness (QED) is 0.753. The molecule has 2 heteroatoms. The molecule has 1 heterocycles. The maximum atomic E-state index is 6.07. The van der Waals surface area contributed by atoms with Gasteiger partial charge in [-0.1, -0.05) is 43.3 Å². The Bertz CT molecular complexity index is 667. The third-order valence-corrected chi connectivity index (χ3v) is 4.32. The number of para-hydroxylation sites is 2. The lowest BCUT2D eigenvalue weighted by Crippen LogP contribution is -2.37. The molecular formula is C17H20N2. The van der Waals surface area contributed by atoms with Gasteiger partial charge < -0.3 is 10.3 Å². The Hall–Kier alpha value is -1.80. The second kappa shape index (κ2) is 4.39. The molecule has 0 fully saturated rings. The first-order chi connectivity index (χ1) is 9.21. The van der Waals surface area contributed by atoms with E-state index in [0.29, 0.717) is 6.54 Å². The van der Waals surface area contributed by atoms with E-state index in [4.69, 9.17) is 5.73 Å². The van der Waals surface area contributed by atoms with Crippen LogP contribution in [0.25, 0.3) is 21.8 Å². The van der Waals surface area contributed by atoms with Crippen LogP contribution >= 0.6 is 0 Å². The van der Waals surface area contributed by atoms with E-state index in [1.165, 1.54) is 21.8 Å². The highest BCUT2D eigenvalue weighted by molar-refractivity contribution is 6.08. The second-order valence-electron chi connectivity index (χ2n) is 5.42. The molecule has 0 aliphatic carbocycles. The van der Waals surface area contributed by atoms with Crippen molar-refractivity contribution in [1.29, 1.82) is 0 Å². The van der Waals surface area contributed by atoms with Crippen LogP contribution in [-0.2, 0) is 5.54 Å². The summed E-state index contributed by atoms with van der Waals surface area (Å²) in [5.41, 5.74) is 8.58. The summed E-state index contributed by atoms with van der Waals surface area (Å²) >= 11 is 0. The van der Waals surface area contributed by atoms with Crippen molar-refractivity contribution in [3.8, 4) is 0 Å². The number of fused-ring (bicyclic) bond motifs is 3. The van der Waals surface area contributed by atoms with Crippen LogP contribution in [0.2, 0.25) is 0 Å². The molecule has 0 saturated heterocycles. The van der Waals surface area contributed by atoms with Crippen LogP contribution in [0.1, 0.15) is 20.3 Å². The van der Waals surface area contributed by atoms with Gasteiger partial charge in [-0.3, -0.25) is 0 Å². The van der Waals surface area contributed by atoms with Gasteiger partial charge in [-0.2, -0.15) is 0 Å². The molecule has 2 aromatic carbocycles. The maximum absolute atomic E-state index is 6.07. The minimum atomic E-state index is -0.0390. The van der Waals surface area contributed by atoms with Gasteiger partial charge in [0.1, 0.15) is 0 Å². The number of hydrogen-bond acceptors (Lipinski definition) is 1. The molecule has 0 radical (unpaired) electrons. The van der Waals surface area contributed by atoms with Crippen molar-refractivity contribution in [2.75, 3.05) is 6.54 Å². The molecule has 98 valence electrons. The fraction of sp³-hybridized carbons (Fsp3) is 0.294. The average molecular weight is 252 g/mol. The molecule has 3 rings (SSSR count). The molecule has 0 bridgehead atoms. The van der Waals surface area contributed by atoms with Crippen LogP contribution in [0, 0.1) is 0 Å². The summed E-state index contributed by atoms with van der Waals surface area (Å²) in [5, 5.41) is 2.62. The maximum Gasteiger partial charge on any atom is 0.0543 e. The van der Waals surface area contributed by atoms with E-state index in [1.807, 2.05) is 0 Å². The van der Waals surface area contributed by atoms with Crippen molar-refractivity contribution in [2.45, 2.75) is 25.8 Å². The first kappa shape index (κ1) is 12.2. The van der Waals surface area contributed by atoms with Gasteiger partial charge in [0.05, 0.1) is 5.54 Å². The van der Waals surface area contributed by atoms with Crippen LogP contribution < -0.4 is 5.73 Å². The second-order valence-corrected chi connectivity index (χ2v) is 5.42. The summed E-state index contributed by atoms with van der Waals surface area (Å²) in [5.74, 6) is 0. The highest BCUT2D eigenvalue weighted by atomic mass is 15.1. The molecule has 0 aliphatic heterocycles. The molecule has 0 spiro atoms. The van der Waals surface area contributed by atoms with Crippen molar-refractivity contribution in [3.63, 3.8) is 0 Å². The van der Waals surface area contributed by atoms with Crippen LogP contribution in [0.3, 0.4) is 0 Å². The Kier molecular flexibility index (Phi) is 2.83. The predicted molar refractivity (Wildman–Crippen MR) is 82.4 cm³/mol. The summed E-state index contributed by atoms with van der Waals surface area (Å²) in [7, 11) is 0. The normalized spacial score (nSPS) is 14.9. The van der Waals surface area contributed by atoms with Crippen LogP contribution in [0.15, 0.2) is 48.5 Å². The highest BCUT2D eigenvalue weighted by Crippen LogP contribution is 2.34. The van der Waals surface area contributed by atoms with Crippen molar-refractivity contribution >= 4 is 21.8 Å². The number of benzene rings is 2. The zero-order valence-corrected chi connectivity index (χ0v) is 11.6. The first-order valence-corrected chi connectivity index (χ1v) is 6.90. The monoisotopic (exact) mass is 252 g/mol. The molecule has 1 aromatic heterocycles. The van der Waals surface area contributed by atoms with Gasteiger partial charge in [-0.05, 0) is 25.5 Å². The third-order valence-electron chi connectivity index (χ3n) is 4.32. The van der Waals surface area contributed by atoms with Crippen LogP contribution in [-0.4, -0.2) is 11.1 Å². The molecule has 19 heavy (non-hydrogen) atoms. The summed E-state index contributed by atoms with van der Waals surface area (Å²) < 4.78 is 2.41. The van der Waals surface area contributed by atoms with Crippen molar-refractivity contribution < 1.29 is 0 Å². The molecule has 0 saturated carbocycles. The fourth-order valence-electron chi connectivity index (χ4n) is 2.90. The van der Waals surface area contributed by atoms with E-state index in [1.54, 1.807) is 0 Å². The topological polar surface area (TPSA) is 30.9 Å². The largest absolute Gasteiger partial charge is 0.333 e. The van der Waals surface area contributed by atoms with Gasteiger partial charge in [-0.25, -0.2) is 0 Å². The smallest absolute Gasteiger partial charge is 0.0543 e. The van der Waals surface area contributed by atoms with Crippen molar-refractivity contribution in [2.24, 2.45) is 5.73 Å². The molecule has 0 amide bonds. The summed E-state index contributed by atoms with van der Waals surface area (Å²) in [6, 6.07) is 17.2. The van der Waals surface area contributed by atoms with Gasteiger partial charge >= 0.3 is 0 Å². The van der Waals surface area contributed by atoms with Crippen LogP contribution in [0.5, 0.6) is 0 Å². The Labute approximate surface area is 113 Å². The fourth-order valence-corrected chi connectivity index (χ4v) is 2.90. The number of rotatable bonds is 3. The summed E-state index contributed by atoms with van der Waals surface area (Å²) in [4.78, 5) is 0. The summed E-state index contributed by atoms with van der Waals surface area (Å²) in [6.45, 7) is 5.09. The molecule has 1 unspecified atom stereocenters. The molecule has 3 aromatic rings. The van der Waals surface area contributed by atoms with E-state index in [9.17, 15) is 0 Å². The van der Waals surface area contributed by atoms with E-state index >= 15 is 0 Å². The zero-order chi connectivity index (χ0) is 13.5. The van der Waals surface area contributed by atoms with E-state index < -0.39 is 0 Å². The number of hydrogen-bond donors (Lipinski definition) is 1. The highest BCUT2D eigenvalue weighted by Gasteiger charge is 2.26. The minimum absolute atomic E-state index is 0.0390. The first-order valence-electron chi connectivity index (χ1n) is 6.90. The molecule has 2 nitrogen and oxygen atoms in total. The van der Waals surface area contributed by atoms with Gasteiger partial charge in [0.25, 0.3) is 0 Å². The van der Waals surface area contributed by atoms with E-state index in [0.717, 1.165) is 6.42 Å². The van der Waals surface area contributed by atoms with Crippen molar-refractivity contribution in [1.82, 2.24) is 4.57 Å². The minimum Gasteiger partial charge on any atom is -0.333 e. The van der Waals surface area contributed by atoms with Crippen LogP contribution in [0.4, 0.5) is 0 Å². The lowest BCUT2D eigenvalue weighted by molar-refractivity contribution is 0.336. The molecule has 2 N–H and O–H groups in total. The average Bonchev–Trinajstić information content (AvgIpc) is 2.82. The Morgan fingerprint density at radius 2 is 1.42 bits per heavy atom. The number of nitrogens with two attached hydrogens (primary N) is 1. The Balaban J connectivity index is 2.50. The van der Waals surface area contributed by atoms with Crippen molar-refractivity contribution in [3.05, 3.63) is 48.5 Å². The number of aromatic nitrogens is 1. The predicted octanol–water partition coefficient (Wildman–Crippen LogP) is 3.88. The van der Waals surface area contributed by atoms with Gasteiger partial charge in [0.15, 0.2) is 0 Å². The molecule has 0 aliphatic rings. The lowest BCUT2D eigenvalue weighted by Gasteiger charge is -2.31. The molecular weight excluding hydrogens is 232 g/mol. The van der Waals surface area contributed by atoms with E-state index in [2.05, 4.69) is 66.9 Å². The van der Waals surface area contributed by atoms with Gasteiger partial charge in [0, 0.05) is 28.4 Å². The van der Waals surface area contributed by atoms with Gasteiger partial charge in [0.2, 0.25) is 0 Å². The lowest BCUT2D eigenvalue weighted by atomic mass is 9.98. The standard InChI is InChI=1S/C17H20N2/c1-3-17(2,12-18)19-15-10-6-4-8-13(15)14-9-5-7-11-16(14)19/h4-11H,3,12,18H2,1-2H3. The number of nitrogens with zero attached hydrogens (tertiary/aromatic N) is 1.